The number of anilines is 1. The van der Waals surface area contributed by atoms with Gasteiger partial charge in [0.05, 0.1) is 0 Å². The van der Waals surface area contributed by atoms with Gasteiger partial charge in [-0.2, -0.15) is 0 Å². The van der Waals surface area contributed by atoms with Crippen molar-refractivity contribution in [1.29, 1.82) is 0 Å². The fourth-order valence-corrected chi connectivity index (χ4v) is 1.89. The Hall–Kier alpha value is -2.56. The SMILES string of the molecule is Cc1ccc(NC(=O)COC(=O)c2cccn2C)cc1C. The van der Waals surface area contributed by atoms with E-state index in [-0.39, 0.29) is 12.5 Å². The number of aromatic nitrogens is 1. The van der Waals surface area contributed by atoms with Crippen molar-refractivity contribution >= 4 is 17.6 Å². The molecule has 110 valence electrons. The zero-order chi connectivity index (χ0) is 15.4. The van der Waals surface area contributed by atoms with Gasteiger partial charge in [-0.05, 0) is 49.2 Å². The van der Waals surface area contributed by atoms with Crippen LogP contribution in [0.25, 0.3) is 0 Å². The number of amides is 1. The molecule has 0 atom stereocenters. The van der Waals surface area contributed by atoms with Gasteiger partial charge in [0.15, 0.2) is 6.61 Å². The van der Waals surface area contributed by atoms with Crippen LogP contribution in [0.5, 0.6) is 0 Å². The number of nitrogens with zero attached hydrogens (tertiary/aromatic N) is 1. The molecule has 0 aliphatic carbocycles. The Morgan fingerprint density at radius 3 is 2.57 bits per heavy atom. The molecule has 0 spiro atoms. The average Bonchev–Trinajstić information content (AvgIpc) is 2.86. The number of aryl methyl sites for hydroxylation is 3. The Kier molecular flexibility index (Phi) is 4.42. The van der Waals surface area contributed by atoms with Crippen LogP contribution in [0.15, 0.2) is 36.5 Å². The largest absolute Gasteiger partial charge is 0.451 e. The summed E-state index contributed by atoms with van der Waals surface area (Å²) < 4.78 is 6.63. The minimum atomic E-state index is -0.516. The number of carbonyl (C=O) groups excluding carboxylic acids is 2. The van der Waals surface area contributed by atoms with Gasteiger partial charge in [0.25, 0.3) is 5.91 Å². The van der Waals surface area contributed by atoms with Crippen LogP contribution in [0.4, 0.5) is 5.69 Å². The van der Waals surface area contributed by atoms with Crippen LogP contribution >= 0.6 is 0 Å². The molecule has 1 aromatic heterocycles. The molecule has 0 unspecified atom stereocenters. The first-order chi connectivity index (χ1) is 9.97. The van der Waals surface area contributed by atoms with Crippen LogP contribution < -0.4 is 5.32 Å². The van der Waals surface area contributed by atoms with E-state index in [1.807, 2.05) is 32.0 Å². The highest BCUT2D eigenvalue weighted by Crippen LogP contribution is 2.14. The molecule has 0 saturated heterocycles. The molecule has 1 amide bonds. The van der Waals surface area contributed by atoms with Crippen molar-refractivity contribution in [2.45, 2.75) is 13.8 Å². The molecule has 2 aromatic rings. The van der Waals surface area contributed by atoms with Crippen LogP contribution in [-0.4, -0.2) is 23.1 Å². The molecule has 0 radical (unpaired) electrons. The standard InChI is InChI=1S/C16H18N2O3/c1-11-6-7-13(9-12(11)2)17-15(19)10-21-16(20)14-5-4-8-18(14)3/h4-9H,10H2,1-3H3,(H,17,19). The van der Waals surface area contributed by atoms with Crippen molar-refractivity contribution in [2.24, 2.45) is 7.05 Å². The maximum atomic E-state index is 11.8. The lowest BCUT2D eigenvalue weighted by Gasteiger charge is -2.08. The van der Waals surface area contributed by atoms with Crippen LogP contribution in [0, 0.1) is 13.8 Å². The predicted molar refractivity (Wildman–Crippen MR) is 80.2 cm³/mol. The van der Waals surface area contributed by atoms with Crippen molar-refractivity contribution < 1.29 is 14.3 Å². The maximum absolute atomic E-state index is 11.8. The molecular weight excluding hydrogens is 268 g/mol. The van der Waals surface area contributed by atoms with E-state index in [0.29, 0.717) is 11.4 Å². The summed E-state index contributed by atoms with van der Waals surface area (Å²) in [7, 11) is 1.74. The smallest absolute Gasteiger partial charge is 0.355 e. The van der Waals surface area contributed by atoms with Gasteiger partial charge in [-0.25, -0.2) is 4.79 Å². The summed E-state index contributed by atoms with van der Waals surface area (Å²) in [5.41, 5.74) is 3.35. The van der Waals surface area contributed by atoms with E-state index in [1.165, 1.54) is 0 Å². The lowest BCUT2D eigenvalue weighted by atomic mass is 10.1. The van der Waals surface area contributed by atoms with Crippen molar-refractivity contribution in [1.82, 2.24) is 4.57 Å². The fourth-order valence-electron chi connectivity index (χ4n) is 1.89. The molecule has 21 heavy (non-hydrogen) atoms. The third kappa shape index (κ3) is 3.72. The second-order valence-electron chi connectivity index (χ2n) is 4.93. The summed E-state index contributed by atoms with van der Waals surface area (Å²) in [5.74, 6) is -0.876. The lowest BCUT2D eigenvalue weighted by molar-refractivity contribution is -0.119. The third-order valence-electron chi connectivity index (χ3n) is 3.28. The first kappa shape index (κ1) is 14.8. The highest BCUT2D eigenvalue weighted by atomic mass is 16.5. The average molecular weight is 286 g/mol. The van der Waals surface area contributed by atoms with Crippen molar-refractivity contribution in [3.8, 4) is 0 Å². The van der Waals surface area contributed by atoms with Crippen molar-refractivity contribution in [2.75, 3.05) is 11.9 Å². The normalized spacial score (nSPS) is 10.2. The topological polar surface area (TPSA) is 60.3 Å². The molecule has 0 aliphatic rings. The van der Waals surface area contributed by atoms with Gasteiger partial charge in [0, 0.05) is 18.9 Å². The Balaban J connectivity index is 1.89. The second kappa shape index (κ2) is 6.26. The molecule has 0 saturated carbocycles. The summed E-state index contributed by atoms with van der Waals surface area (Å²) in [6, 6.07) is 9.02. The molecule has 5 heteroatoms. The molecule has 5 nitrogen and oxygen atoms in total. The Bertz CT molecular complexity index is 674. The van der Waals surface area contributed by atoms with Gasteiger partial charge < -0.3 is 14.6 Å². The Labute approximate surface area is 123 Å². The molecular formula is C16H18N2O3. The number of carbonyl (C=O) groups is 2. The Morgan fingerprint density at radius 1 is 1.19 bits per heavy atom. The van der Waals surface area contributed by atoms with Gasteiger partial charge in [-0.15, -0.1) is 0 Å². The van der Waals surface area contributed by atoms with E-state index in [2.05, 4.69) is 5.32 Å². The Morgan fingerprint density at radius 2 is 1.95 bits per heavy atom. The molecule has 1 heterocycles. The fraction of sp³-hybridized carbons (Fsp3) is 0.250. The minimum Gasteiger partial charge on any atom is -0.451 e. The lowest BCUT2D eigenvalue weighted by Crippen LogP contribution is -2.21. The van der Waals surface area contributed by atoms with Crippen LogP contribution in [0.3, 0.4) is 0 Å². The quantitative estimate of drug-likeness (QED) is 0.878. The van der Waals surface area contributed by atoms with Gasteiger partial charge in [-0.1, -0.05) is 6.07 Å². The van der Waals surface area contributed by atoms with Crippen LogP contribution in [0.2, 0.25) is 0 Å². The molecule has 0 bridgehead atoms. The zero-order valence-electron chi connectivity index (χ0n) is 12.3. The van der Waals surface area contributed by atoms with Gasteiger partial charge in [0.1, 0.15) is 5.69 Å². The highest BCUT2D eigenvalue weighted by molar-refractivity contribution is 5.95. The van der Waals surface area contributed by atoms with Crippen LogP contribution in [0.1, 0.15) is 21.6 Å². The summed E-state index contributed by atoms with van der Waals surface area (Å²) >= 11 is 0. The van der Waals surface area contributed by atoms with Crippen molar-refractivity contribution in [3.63, 3.8) is 0 Å². The van der Waals surface area contributed by atoms with Gasteiger partial charge in [0.2, 0.25) is 0 Å². The number of ether oxygens (including phenoxy) is 1. The maximum Gasteiger partial charge on any atom is 0.355 e. The summed E-state index contributed by atoms with van der Waals surface area (Å²) in [5, 5.41) is 2.70. The van der Waals surface area contributed by atoms with E-state index >= 15 is 0 Å². The van der Waals surface area contributed by atoms with E-state index in [9.17, 15) is 9.59 Å². The summed E-state index contributed by atoms with van der Waals surface area (Å²) in [6.45, 7) is 3.67. The van der Waals surface area contributed by atoms with Crippen molar-refractivity contribution in [3.05, 3.63) is 53.3 Å². The molecule has 1 aromatic carbocycles. The number of hydrogen-bond donors (Lipinski definition) is 1. The monoisotopic (exact) mass is 286 g/mol. The van der Waals surface area contributed by atoms with Gasteiger partial charge >= 0.3 is 5.97 Å². The minimum absolute atomic E-state index is 0.309. The zero-order valence-corrected chi connectivity index (χ0v) is 12.3. The second-order valence-corrected chi connectivity index (χ2v) is 4.93. The number of nitrogens with one attached hydrogen (secondary N) is 1. The number of benzene rings is 1. The predicted octanol–water partition coefficient (Wildman–Crippen LogP) is 2.44. The molecule has 0 fully saturated rings. The molecule has 1 N–H and O–H groups in total. The van der Waals surface area contributed by atoms with E-state index in [4.69, 9.17) is 4.74 Å². The van der Waals surface area contributed by atoms with E-state index in [1.54, 1.807) is 29.9 Å². The molecule has 2 rings (SSSR count). The first-order valence-electron chi connectivity index (χ1n) is 6.63. The number of rotatable bonds is 4. The van der Waals surface area contributed by atoms with E-state index in [0.717, 1.165) is 11.1 Å². The number of hydrogen-bond acceptors (Lipinski definition) is 3. The molecule has 0 aliphatic heterocycles. The van der Waals surface area contributed by atoms with Crippen LogP contribution in [-0.2, 0) is 16.6 Å². The first-order valence-corrected chi connectivity index (χ1v) is 6.63. The number of esters is 1. The van der Waals surface area contributed by atoms with Gasteiger partial charge in [-0.3, -0.25) is 4.79 Å². The summed E-state index contributed by atoms with van der Waals surface area (Å²) in [4.78, 5) is 23.5. The summed E-state index contributed by atoms with van der Waals surface area (Å²) in [6.07, 6.45) is 1.74. The third-order valence-corrected chi connectivity index (χ3v) is 3.28. The van der Waals surface area contributed by atoms with E-state index < -0.39 is 5.97 Å². The highest BCUT2D eigenvalue weighted by Gasteiger charge is 2.12.